The summed E-state index contributed by atoms with van der Waals surface area (Å²) in [5.74, 6) is 2.84. The van der Waals surface area contributed by atoms with E-state index in [1.165, 1.54) is 21.6 Å². The normalized spacial score (nSPS) is 11.1. The van der Waals surface area contributed by atoms with Crippen LogP contribution in [0.1, 0.15) is 22.8 Å². The van der Waals surface area contributed by atoms with Gasteiger partial charge in [-0.2, -0.15) is 0 Å². The van der Waals surface area contributed by atoms with Crippen LogP contribution >= 0.6 is 21.6 Å². The van der Waals surface area contributed by atoms with Crippen LogP contribution in [0.5, 0.6) is 23.0 Å². The van der Waals surface area contributed by atoms with Crippen LogP contribution in [0.15, 0.2) is 143 Å². The molecule has 0 fully saturated rings. The highest BCUT2D eigenvalue weighted by Gasteiger charge is 2.12. The van der Waals surface area contributed by atoms with E-state index in [0.717, 1.165) is 38.2 Å². The monoisotopic (exact) mass is 590 g/mol. The summed E-state index contributed by atoms with van der Waals surface area (Å²) in [6.45, 7) is 3.88. The molecule has 0 bridgehead atoms. The Morgan fingerprint density at radius 2 is 1.24 bits per heavy atom. The molecular weight excluding hydrogens is 561 g/mol. The Hall–Kier alpha value is -4.59. The number of carbonyl (C=O) groups is 1. The number of hydrogen-bond acceptors (Lipinski definition) is 7. The number of aryl methyl sites for hydroxylation is 1. The molecular formula is C35H30N2O3S2. The molecule has 0 spiro atoms. The molecule has 210 valence electrons. The van der Waals surface area contributed by atoms with Crippen LogP contribution in [-0.2, 0) is 0 Å². The first kappa shape index (κ1) is 28.9. The highest BCUT2D eigenvalue weighted by Crippen LogP contribution is 2.46. The molecule has 5 rings (SSSR count). The van der Waals surface area contributed by atoms with E-state index in [4.69, 9.17) is 15.2 Å². The Labute approximate surface area is 254 Å². The number of nitrogen functional groups attached to an aromatic ring is 1. The predicted molar refractivity (Wildman–Crippen MR) is 175 cm³/mol. The van der Waals surface area contributed by atoms with Crippen molar-refractivity contribution in [1.82, 2.24) is 0 Å². The molecule has 5 aromatic rings. The molecule has 0 unspecified atom stereocenters. The van der Waals surface area contributed by atoms with E-state index in [0.29, 0.717) is 22.7 Å². The molecule has 5 nitrogen and oxygen atoms in total. The van der Waals surface area contributed by atoms with Gasteiger partial charge in [-0.3, -0.25) is 4.79 Å². The summed E-state index contributed by atoms with van der Waals surface area (Å²) in [4.78, 5) is 14.6. The molecule has 0 radical (unpaired) electrons. The third-order valence-corrected chi connectivity index (χ3v) is 8.59. The van der Waals surface area contributed by atoms with Crippen LogP contribution in [-0.4, -0.2) is 5.78 Å². The van der Waals surface area contributed by atoms with Crippen LogP contribution in [0.4, 0.5) is 11.4 Å². The first-order valence-corrected chi connectivity index (χ1v) is 15.5. The minimum Gasteiger partial charge on any atom is -0.457 e. The highest BCUT2D eigenvalue weighted by atomic mass is 33.1. The molecule has 7 heteroatoms. The van der Waals surface area contributed by atoms with E-state index in [1.54, 1.807) is 6.08 Å². The molecule has 0 aliphatic carbocycles. The summed E-state index contributed by atoms with van der Waals surface area (Å²) in [5.41, 5.74) is 10.3. The highest BCUT2D eigenvalue weighted by molar-refractivity contribution is 8.76. The number of carbonyl (C=O) groups excluding carboxylic acids is 1. The molecule has 0 saturated carbocycles. The van der Waals surface area contributed by atoms with E-state index in [2.05, 4.69) is 5.32 Å². The van der Waals surface area contributed by atoms with Crippen molar-refractivity contribution >= 4 is 38.7 Å². The van der Waals surface area contributed by atoms with Crippen molar-refractivity contribution in [3.8, 4) is 23.0 Å². The van der Waals surface area contributed by atoms with Gasteiger partial charge in [0.1, 0.15) is 23.0 Å². The van der Waals surface area contributed by atoms with Gasteiger partial charge in [-0.25, -0.2) is 0 Å². The van der Waals surface area contributed by atoms with E-state index in [-0.39, 0.29) is 5.78 Å². The fourth-order valence-electron chi connectivity index (χ4n) is 3.97. The number of hydrogen-bond donors (Lipinski definition) is 2. The molecule has 0 amide bonds. The van der Waals surface area contributed by atoms with Crippen molar-refractivity contribution < 1.29 is 14.3 Å². The fourth-order valence-corrected chi connectivity index (χ4v) is 6.24. The summed E-state index contributed by atoms with van der Waals surface area (Å²) in [6.07, 6.45) is 1.61. The quantitative estimate of drug-likeness (QED) is 0.0686. The van der Waals surface area contributed by atoms with Crippen LogP contribution < -0.4 is 20.5 Å². The van der Waals surface area contributed by atoms with Gasteiger partial charge < -0.3 is 20.5 Å². The third-order valence-electron chi connectivity index (χ3n) is 6.13. The van der Waals surface area contributed by atoms with Crippen LogP contribution in [0.25, 0.3) is 0 Å². The topological polar surface area (TPSA) is 73.6 Å². The first-order valence-electron chi connectivity index (χ1n) is 13.3. The summed E-state index contributed by atoms with van der Waals surface area (Å²) in [6, 6.07) is 38.3. The molecule has 0 aliphatic heterocycles. The lowest BCUT2D eigenvalue weighted by molar-refractivity contribution is 0.104. The smallest absolute Gasteiger partial charge is 0.187 e. The van der Waals surface area contributed by atoms with Crippen molar-refractivity contribution in [1.29, 1.82) is 0 Å². The Morgan fingerprint density at radius 1 is 0.690 bits per heavy atom. The number of allylic oxidation sites excluding steroid dienone is 2. The lowest BCUT2D eigenvalue weighted by Crippen LogP contribution is -2.02. The summed E-state index contributed by atoms with van der Waals surface area (Å²) >= 11 is 0. The number of rotatable bonds is 11. The molecule has 5 aromatic carbocycles. The Balaban J connectivity index is 1.37. The van der Waals surface area contributed by atoms with Gasteiger partial charge in [-0.15, -0.1) is 0 Å². The van der Waals surface area contributed by atoms with Crippen LogP contribution in [0, 0.1) is 6.92 Å². The second-order valence-corrected chi connectivity index (χ2v) is 11.8. The van der Waals surface area contributed by atoms with Crippen molar-refractivity contribution in [2.45, 2.75) is 23.6 Å². The van der Waals surface area contributed by atoms with Gasteiger partial charge in [0.05, 0.1) is 5.69 Å². The number of anilines is 2. The SMILES string of the molecule is C/C(=C\C(=O)c1ccc(C)cc1)Nc1ccc(Oc2ccccc2)cc1SSc1cc(Oc2ccccc2)ccc1N. The lowest BCUT2D eigenvalue weighted by atomic mass is 10.1. The van der Waals surface area contributed by atoms with Crippen molar-refractivity contribution in [2.24, 2.45) is 0 Å². The molecule has 0 heterocycles. The maximum Gasteiger partial charge on any atom is 0.187 e. The van der Waals surface area contributed by atoms with E-state index in [1.807, 2.05) is 135 Å². The average Bonchev–Trinajstić information content (AvgIpc) is 3.00. The summed E-state index contributed by atoms with van der Waals surface area (Å²) in [7, 11) is 3.06. The van der Waals surface area contributed by atoms with Gasteiger partial charge in [0.25, 0.3) is 0 Å². The molecule has 0 aromatic heterocycles. The molecule has 3 N–H and O–H groups in total. The van der Waals surface area contributed by atoms with E-state index >= 15 is 0 Å². The van der Waals surface area contributed by atoms with Gasteiger partial charge in [0.15, 0.2) is 5.78 Å². The van der Waals surface area contributed by atoms with Crippen molar-refractivity contribution in [3.05, 3.63) is 144 Å². The van der Waals surface area contributed by atoms with Gasteiger partial charge in [-0.05, 0) is 74.5 Å². The third kappa shape index (κ3) is 8.00. The first-order chi connectivity index (χ1) is 20.4. The molecule has 0 saturated heterocycles. The zero-order chi connectivity index (χ0) is 29.3. The maximum absolute atomic E-state index is 12.8. The molecule has 0 atom stereocenters. The zero-order valence-electron chi connectivity index (χ0n) is 23.2. The number of ketones is 1. The standard InChI is InChI=1S/C35H30N2O3S2/c1-24-13-15-26(16-14-24)33(38)21-25(2)37-32-20-18-30(40-28-11-7-4-8-12-28)23-35(32)42-41-34-22-29(17-19-31(34)36)39-27-9-5-3-6-10-27/h3-23,37H,36H2,1-2H3/b25-21+. The van der Waals surface area contributed by atoms with E-state index in [9.17, 15) is 4.79 Å². The number of nitrogens with one attached hydrogen (secondary N) is 1. The number of nitrogens with two attached hydrogens (primary N) is 1. The van der Waals surface area contributed by atoms with Gasteiger partial charge in [0, 0.05) is 32.8 Å². The van der Waals surface area contributed by atoms with Crippen molar-refractivity contribution in [2.75, 3.05) is 11.1 Å². The Kier molecular flexibility index (Phi) is 9.54. The van der Waals surface area contributed by atoms with Gasteiger partial charge >= 0.3 is 0 Å². The second-order valence-electron chi connectivity index (χ2n) is 9.54. The van der Waals surface area contributed by atoms with Crippen LogP contribution in [0.2, 0.25) is 0 Å². The average molecular weight is 591 g/mol. The minimum absolute atomic E-state index is 0.0596. The van der Waals surface area contributed by atoms with Gasteiger partial charge in [0.2, 0.25) is 0 Å². The van der Waals surface area contributed by atoms with Crippen LogP contribution in [0.3, 0.4) is 0 Å². The number of ether oxygens (including phenoxy) is 2. The van der Waals surface area contributed by atoms with E-state index < -0.39 is 0 Å². The van der Waals surface area contributed by atoms with Crippen molar-refractivity contribution in [3.63, 3.8) is 0 Å². The number of para-hydroxylation sites is 2. The largest absolute Gasteiger partial charge is 0.457 e. The van der Waals surface area contributed by atoms with Gasteiger partial charge in [-0.1, -0.05) is 87.8 Å². The fraction of sp³-hybridized carbons (Fsp3) is 0.0571. The molecule has 42 heavy (non-hydrogen) atoms. The Morgan fingerprint density at radius 3 is 1.86 bits per heavy atom. The zero-order valence-corrected chi connectivity index (χ0v) is 24.9. The summed E-state index contributed by atoms with van der Waals surface area (Å²) < 4.78 is 12.1. The molecule has 0 aliphatic rings. The minimum atomic E-state index is -0.0596. The maximum atomic E-state index is 12.8. The summed E-state index contributed by atoms with van der Waals surface area (Å²) in [5, 5.41) is 3.40. The second kappa shape index (κ2) is 13.9. The number of benzene rings is 5. The Bertz CT molecular complexity index is 1690. The predicted octanol–water partition coefficient (Wildman–Crippen LogP) is 10.2. The lowest BCUT2D eigenvalue weighted by Gasteiger charge is -2.15.